The molecule has 0 radical (unpaired) electrons. The average molecular weight is 323 g/mol. The Morgan fingerprint density at radius 2 is 0.944 bits per heavy atom. The van der Waals surface area contributed by atoms with E-state index in [0.29, 0.717) is 0 Å². The van der Waals surface area contributed by atoms with Gasteiger partial charge in [-0.15, -0.1) is 0 Å². The van der Waals surface area contributed by atoms with Crippen molar-refractivity contribution in [1.29, 1.82) is 0 Å². The standard InChI is InChI=1S/C12H30O2SSi3/c1-7-16(8-2)13-17(9-3,10-4)15-18(11-5,12-6)14-16/h7-12H2,1-6H3. The van der Waals surface area contributed by atoms with Gasteiger partial charge in [0.25, 0.3) is 0 Å². The maximum Gasteiger partial charge on any atom is 0.318 e. The summed E-state index contributed by atoms with van der Waals surface area (Å²) in [4.78, 5) is 0. The molecule has 0 atom stereocenters. The molecule has 0 aromatic rings. The molecular formula is C12H30O2SSi3. The molecule has 0 spiro atoms. The van der Waals surface area contributed by atoms with E-state index >= 15 is 0 Å². The summed E-state index contributed by atoms with van der Waals surface area (Å²) >= 11 is 0. The van der Waals surface area contributed by atoms with E-state index in [4.69, 9.17) is 8.23 Å². The topological polar surface area (TPSA) is 18.5 Å². The van der Waals surface area contributed by atoms with Crippen molar-refractivity contribution in [3.05, 3.63) is 0 Å². The van der Waals surface area contributed by atoms with Crippen molar-refractivity contribution in [1.82, 2.24) is 0 Å². The van der Waals surface area contributed by atoms with Crippen molar-refractivity contribution >= 4 is 34.2 Å². The Balaban J connectivity index is 3.13. The van der Waals surface area contributed by atoms with Crippen LogP contribution in [0, 0.1) is 0 Å². The molecule has 0 aliphatic carbocycles. The first-order valence-electron chi connectivity index (χ1n) is 7.59. The molecule has 1 fully saturated rings. The van der Waals surface area contributed by atoms with Gasteiger partial charge in [0.2, 0.25) is 14.9 Å². The predicted molar refractivity (Wildman–Crippen MR) is 89.9 cm³/mol. The molecule has 18 heavy (non-hydrogen) atoms. The molecule has 1 aliphatic heterocycles. The molecule has 0 N–H and O–H groups in total. The van der Waals surface area contributed by atoms with Crippen LogP contribution in [0.25, 0.3) is 0 Å². The molecule has 6 heteroatoms. The first kappa shape index (κ1) is 17.0. The summed E-state index contributed by atoms with van der Waals surface area (Å²) in [5.41, 5.74) is 0. The average Bonchev–Trinajstić information content (AvgIpc) is 2.46. The highest BCUT2D eigenvalue weighted by atomic mass is 32.5. The Morgan fingerprint density at radius 1 is 0.611 bits per heavy atom. The fraction of sp³-hybridized carbons (Fsp3) is 1.00. The van der Waals surface area contributed by atoms with Crippen molar-refractivity contribution < 1.29 is 8.23 Å². The monoisotopic (exact) mass is 322 g/mol. The third-order valence-corrected chi connectivity index (χ3v) is 31.4. The minimum absolute atomic E-state index is 1.13. The Morgan fingerprint density at radius 3 is 1.17 bits per heavy atom. The van der Waals surface area contributed by atoms with Gasteiger partial charge in [0.05, 0.1) is 0 Å². The number of hydrogen-bond acceptors (Lipinski definition) is 3. The van der Waals surface area contributed by atoms with Gasteiger partial charge in [0, 0.05) is 0 Å². The maximum absolute atomic E-state index is 6.77. The second kappa shape index (κ2) is 6.58. The van der Waals surface area contributed by atoms with Crippen molar-refractivity contribution in [3.63, 3.8) is 0 Å². The molecule has 0 aromatic carbocycles. The van der Waals surface area contributed by atoms with Crippen molar-refractivity contribution in [3.8, 4) is 0 Å². The van der Waals surface area contributed by atoms with Crippen LogP contribution in [0.5, 0.6) is 0 Å². The molecule has 0 aromatic heterocycles. The fourth-order valence-corrected chi connectivity index (χ4v) is 37.2. The highest BCUT2D eigenvalue weighted by molar-refractivity contribution is 8.49. The first-order chi connectivity index (χ1) is 8.49. The van der Waals surface area contributed by atoms with Gasteiger partial charge in [-0.1, -0.05) is 41.5 Å². The zero-order valence-corrected chi connectivity index (χ0v) is 16.8. The molecule has 0 saturated carbocycles. The third kappa shape index (κ3) is 3.15. The SMILES string of the molecule is CC[Si]1(CC)O[Si](CC)(CC)S[Si](CC)(CC)O1. The highest BCUT2D eigenvalue weighted by Gasteiger charge is 2.57. The highest BCUT2D eigenvalue weighted by Crippen LogP contribution is 2.50. The minimum atomic E-state index is -1.88. The Bertz CT molecular complexity index is 209. The lowest BCUT2D eigenvalue weighted by Crippen LogP contribution is -2.63. The fourth-order valence-electron chi connectivity index (χ4n) is 2.70. The van der Waals surface area contributed by atoms with Crippen LogP contribution in [-0.2, 0) is 8.23 Å². The van der Waals surface area contributed by atoms with Crippen LogP contribution in [0.1, 0.15) is 41.5 Å². The van der Waals surface area contributed by atoms with Crippen molar-refractivity contribution in [2.24, 2.45) is 0 Å². The summed E-state index contributed by atoms with van der Waals surface area (Å²) in [6.07, 6.45) is 0. The van der Waals surface area contributed by atoms with Gasteiger partial charge in [0.1, 0.15) is 0 Å². The van der Waals surface area contributed by atoms with Gasteiger partial charge in [-0.05, 0) is 36.3 Å². The van der Waals surface area contributed by atoms with Crippen LogP contribution >= 0.6 is 10.7 Å². The van der Waals surface area contributed by atoms with Crippen molar-refractivity contribution in [2.45, 2.75) is 77.8 Å². The number of hydrogen-bond donors (Lipinski definition) is 0. The van der Waals surface area contributed by atoms with Crippen LogP contribution < -0.4 is 0 Å². The van der Waals surface area contributed by atoms with Crippen LogP contribution in [0.2, 0.25) is 36.3 Å². The van der Waals surface area contributed by atoms with E-state index in [1.807, 2.05) is 0 Å². The lowest BCUT2D eigenvalue weighted by Gasteiger charge is -2.52. The second-order valence-electron chi connectivity index (χ2n) is 5.16. The lowest BCUT2D eigenvalue weighted by atomic mass is 10.9. The molecule has 1 heterocycles. The molecule has 1 saturated heterocycles. The Hall–Kier alpha value is 0.921. The van der Waals surface area contributed by atoms with E-state index in [1.54, 1.807) is 0 Å². The molecule has 0 bridgehead atoms. The van der Waals surface area contributed by atoms with E-state index in [2.05, 4.69) is 52.2 Å². The summed E-state index contributed by atoms with van der Waals surface area (Å²) in [5.74, 6) is 0. The van der Waals surface area contributed by atoms with Crippen LogP contribution in [0.15, 0.2) is 0 Å². The molecule has 1 aliphatic rings. The van der Waals surface area contributed by atoms with Gasteiger partial charge in [-0.2, -0.15) is 10.7 Å². The molecule has 0 unspecified atom stereocenters. The van der Waals surface area contributed by atoms with Gasteiger partial charge >= 0.3 is 8.56 Å². The zero-order chi connectivity index (χ0) is 13.9. The predicted octanol–water partition coefficient (Wildman–Crippen LogP) is 5.21. The maximum atomic E-state index is 6.77. The Labute approximate surface area is 120 Å². The van der Waals surface area contributed by atoms with Gasteiger partial charge in [-0.25, -0.2) is 0 Å². The lowest BCUT2D eigenvalue weighted by molar-refractivity contribution is 0.373. The molecule has 108 valence electrons. The summed E-state index contributed by atoms with van der Waals surface area (Å²) in [6.45, 7) is 13.9. The normalized spacial score (nSPS) is 25.0. The van der Waals surface area contributed by atoms with Gasteiger partial charge in [0.15, 0.2) is 0 Å². The molecule has 2 nitrogen and oxygen atoms in total. The minimum Gasteiger partial charge on any atom is -0.428 e. The van der Waals surface area contributed by atoms with E-state index in [0.717, 1.165) is 12.1 Å². The second-order valence-corrected chi connectivity index (χ2v) is 23.6. The summed E-state index contributed by atoms with van der Waals surface area (Å²) in [7, 11) is -2.80. The van der Waals surface area contributed by atoms with Crippen molar-refractivity contribution in [2.75, 3.05) is 0 Å². The number of rotatable bonds is 6. The summed E-state index contributed by atoms with van der Waals surface area (Å²) < 4.78 is 13.5. The Kier molecular flexibility index (Phi) is 6.21. The van der Waals surface area contributed by atoms with Crippen LogP contribution in [0.4, 0.5) is 0 Å². The van der Waals surface area contributed by atoms with Crippen LogP contribution in [0.3, 0.4) is 0 Å². The van der Waals surface area contributed by atoms with E-state index in [9.17, 15) is 0 Å². The molecule has 1 rings (SSSR count). The smallest absolute Gasteiger partial charge is 0.318 e. The van der Waals surface area contributed by atoms with E-state index < -0.39 is 23.5 Å². The first-order valence-corrected chi connectivity index (χ1v) is 16.7. The third-order valence-electron chi connectivity index (χ3n) is 4.35. The van der Waals surface area contributed by atoms with Crippen LogP contribution in [-0.4, -0.2) is 23.5 Å². The van der Waals surface area contributed by atoms with Gasteiger partial charge < -0.3 is 8.23 Å². The van der Waals surface area contributed by atoms with Gasteiger partial charge in [-0.3, -0.25) is 0 Å². The summed E-state index contributed by atoms with van der Waals surface area (Å²) in [5, 5.41) is 0. The quantitative estimate of drug-likeness (QED) is 0.625. The van der Waals surface area contributed by atoms with E-state index in [1.165, 1.54) is 24.2 Å². The van der Waals surface area contributed by atoms with E-state index in [-0.39, 0.29) is 0 Å². The summed E-state index contributed by atoms with van der Waals surface area (Å²) in [6, 6.07) is 7.27. The zero-order valence-electron chi connectivity index (χ0n) is 13.0. The molecular weight excluding hydrogens is 292 g/mol. The molecule has 0 amide bonds. The largest absolute Gasteiger partial charge is 0.428 e.